The molecule has 0 aliphatic heterocycles. The largest absolute Gasteiger partial charge is 0.508 e. The summed E-state index contributed by atoms with van der Waals surface area (Å²) in [6.07, 6.45) is -52.7. The predicted octanol–water partition coefficient (Wildman–Crippen LogP) is 15.8. The summed E-state index contributed by atoms with van der Waals surface area (Å²) >= 11 is 0. The van der Waals surface area contributed by atoms with Gasteiger partial charge in [-0.05, 0) is 60.0 Å². The Hall–Kier alpha value is -7.87. The minimum Gasteiger partial charge on any atom is -0.508 e. The van der Waals surface area contributed by atoms with E-state index in [-0.39, 0.29) is 5.75 Å². The Kier molecular flexibility index (Phi) is 15.9. The van der Waals surface area contributed by atoms with Gasteiger partial charge in [0, 0.05) is 17.2 Å². The highest BCUT2D eigenvalue weighted by atomic mass is 19.4. The Morgan fingerprint density at radius 2 is 0.605 bits per heavy atom. The van der Waals surface area contributed by atoms with E-state index in [0.717, 1.165) is 17.8 Å². The van der Waals surface area contributed by atoms with E-state index in [1.807, 2.05) is 18.2 Å². The average Bonchev–Trinajstić information content (AvgIpc) is 3.34. The monoisotopic (exact) mass is 1180 g/mol. The summed E-state index contributed by atoms with van der Waals surface area (Å²) in [4.78, 5) is 0. The molecule has 0 aliphatic rings. The summed E-state index contributed by atoms with van der Waals surface area (Å²) in [7, 11) is 0. The zero-order valence-electron chi connectivity index (χ0n) is 39.8. The first-order valence-electron chi connectivity index (χ1n) is 22.7. The number of hydrogen-bond acceptors (Lipinski definition) is 1. The number of rotatable bonds is 7. The molecule has 1 aromatic heterocycles. The van der Waals surface area contributed by atoms with Crippen LogP contribution in [0.2, 0.25) is 0 Å². The molecular formula is C54H30BF24NO. The molecule has 2 nitrogen and oxygen atoms in total. The highest BCUT2D eigenvalue weighted by molar-refractivity contribution is 7.20. The van der Waals surface area contributed by atoms with Gasteiger partial charge in [0.1, 0.15) is 11.9 Å². The summed E-state index contributed by atoms with van der Waals surface area (Å²) in [5.41, 5.74) is -26.7. The van der Waals surface area contributed by atoms with Crippen molar-refractivity contribution in [1.29, 1.82) is 0 Å². The molecule has 27 heteroatoms. The summed E-state index contributed by atoms with van der Waals surface area (Å²) in [6.45, 7) is 0.807. The Labute approximate surface area is 440 Å². The number of nitrogens with zero attached hydrogens (tertiary/aromatic N) is 1. The van der Waals surface area contributed by atoms with Crippen LogP contribution < -0.4 is 26.4 Å². The molecule has 8 aromatic rings. The Morgan fingerprint density at radius 3 is 0.901 bits per heavy atom. The molecule has 0 amide bonds. The van der Waals surface area contributed by atoms with Crippen LogP contribution in [-0.2, 0) is 56.0 Å². The number of fused-ring (bicyclic) bond motifs is 1. The van der Waals surface area contributed by atoms with E-state index >= 15 is 0 Å². The molecule has 0 aliphatic carbocycles. The highest BCUT2D eigenvalue weighted by Crippen LogP contribution is 2.42. The van der Waals surface area contributed by atoms with Crippen LogP contribution in [-0.4, -0.2) is 11.3 Å². The molecule has 0 spiro atoms. The fraction of sp³-hybridized carbons (Fsp3) is 0.167. The van der Waals surface area contributed by atoms with E-state index in [9.17, 15) is 110 Å². The molecule has 0 fully saturated rings. The number of hydrogen-bond donors (Lipinski definition) is 1. The van der Waals surface area contributed by atoms with Crippen LogP contribution in [0, 0.1) is 0 Å². The number of phenolic OH excluding ortho intramolecular Hbond substituents is 1. The van der Waals surface area contributed by atoms with E-state index in [2.05, 4.69) is 65.4 Å². The maximum atomic E-state index is 14.2. The fourth-order valence-electron chi connectivity index (χ4n) is 9.18. The smallest absolute Gasteiger partial charge is 0.416 e. The van der Waals surface area contributed by atoms with Gasteiger partial charge in [-0.2, -0.15) is 132 Å². The van der Waals surface area contributed by atoms with Crippen molar-refractivity contribution in [3.05, 3.63) is 214 Å². The van der Waals surface area contributed by atoms with Crippen molar-refractivity contribution in [2.75, 3.05) is 0 Å². The summed E-state index contributed by atoms with van der Waals surface area (Å²) < 4.78 is 343. The van der Waals surface area contributed by atoms with E-state index in [4.69, 9.17) is 0 Å². The van der Waals surface area contributed by atoms with Gasteiger partial charge in [0.2, 0.25) is 5.69 Å². The number of phenols is 1. The van der Waals surface area contributed by atoms with Crippen molar-refractivity contribution in [3.8, 4) is 17.0 Å². The highest BCUT2D eigenvalue weighted by Gasteiger charge is 2.47. The Balaban J connectivity index is 0.000000323. The van der Waals surface area contributed by atoms with Gasteiger partial charge >= 0.3 is 49.4 Å². The van der Waals surface area contributed by atoms with Gasteiger partial charge < -0.3 is 5.11 Å². The van der Waals surface area contributed by atoms with Crippen molar-refractivity contribution in [3.63, 3.8) is 0 Å². The Bertz CT molecular complexity index is 3130. The molecule has 81 heavy (non-hydrogen) atoms. The van der Waals surface area contributed by atoms with Gasteiger partial charge in [-0.1, -0.05) is 97.1 Å². The molecule has 1 N–H and O–H groups in total. The third-order valence-corrected chi connectivity index (χ3v) is 12.7. The average molecular weight is 1180 g/mol. The molecule has 0 saturated carbocycles. The lowest BCUT2D eigenvalue weighted by Gasteiger charge is -2.46. The van der Waals surface area contributed by atoms with Crippen LogP contribution in [0.25, 0.3) is 22.0 Å². The molecule has 7 aromatic carbocycles. The second-order valence-electron chi connectivity index (χ2n) is 18.1. The second kappa shape index (κ2) is 21.2. The number of aromatic nitrogens is 1. The normalized spacial score (nSPS) is 13.3. The van der Waals surface area contributed by atoms with Crippen molar-refractivity contribution < 1.29 is 115 Å². The molecule has 428 valence electrons. The van der Waals surface area contributed by atoms with Crippen LogP contribution >= 0.6 is 0 Å². The quantitative estimate of drug-likeness (QED) is 0.0960. The van der Waals surface area contributed by atoms with Gasteiger partial charge in [-0.15, -0.1) is 0 Å². The van der Waals surface area contributed by atoms with Crippen molar-refractivity contribution in [2.45, 2.75) is 56.0 Å². The van der Waals surface area contributed by atoms with Crippen LogP contribution in [0.1, 0.15) is 50.1 Å². The zero-order chi connectivity index (χ0) is 60.3. The van der Waals surface area contributed by atoms with E-state index in [1.165, 1.54) is 16.3 Å². The molecule has 0 saturated heterocycles. The van der Waals surface area contributed by atoms with E-state index < -0.39 is 195 Å². The topological polar surface area (TPSA) is 24.1 Å². The first kappa shape index (κ1) is 60.8. The first-order chi connectivity index (χ1) is 37.1. The predicted molar refractivity (Wildman–Crippen MR) is 247 cm³/mol. The van der Waals surface area contributed by atoms with Crippen LogP contribution in [0.3, 0.4) is 0 Å². The first-order valence-corrected chi connectivity index (χ1v) is 22.7. The minimum absolute atomic E-state index is 0.286. The van der Waals surface area contributed by atoms with Gasteiger partial charge in [0.05, 0.1) is 49.9 Å². The number of pyridine rings is 1. The zero-order valence-corrected chi connectivity index (χ0v) is 39.8. The van der Waals surface area contributed by atoms with Gasteiger partial charge in [0.25, 0.3) is 0 Å². The van der Waals surface area contributed by atoms with Crippen molar-refractivity contribution in [2.24, 2.45) is 0 Å². The second-order valence-corrected chi connectivity index (χ2v) is 18.1. The summed E-state index contributed by atoms with van der Waals surface area (Å²) in [5.74, 6) is 0.286. The number of benzene rings is 7. The molecular weight excluding hydrogens is 1150 g/mol. The fourth-order valence-corrected chi connectivity index (χ4v) is 9.18. The minimum atomic E-state index is -6.13. The number of aromatic hydroxyl groups is 1. The van der Waals surface area contributed by atoms with E-state index in [0.29, 0.717) is 0 Å². The summed E-state index contributed by atoms with van der Waals surface area (Å²) in [6, 6.07) is 19.6. The third kappa shape index (κ3) is 13.5. The maximum Gasteiger partial charge on any atom is 0.416 e. The Morgan fingerprint density at radius 1 is 0.321 bits per heavy atom. The molecule has 0 atom stereocenters. The van der Waals surface area contributed by atoms with Crippen LogP contribution in [0.5, 0.6) is 5.75 Å². The maximum absolute atomic E-state index is 14.2. The number of alkyl halides is 24. The van der Waals surface area contributed by atoms with Gasteiger partial charge in [0.15, 0.2) is 12.7 Å². The molecule has 0 radical (unpaired) electrons. The van der Waals surface area contributed by atoms with Crippen LogP contribution in [0.15, 0.2) is 164 Å². The van der Waals surface area contributed by atoms with Gasteiger partial charge in [-0.25, -0.2) is 0 Å². The van der Waals surface area contributed by atoms with E-state index in [1.54, 1.807) is 12.1 Å². The van der Waals surface area contributed by atoms with Gasteiger partial charge in [-0.3, -0.25) is 0 Å². The van der Waals surface area contributed by atoms with Crippen molar-refractivity contribution in [1.82, 2.24) is 0 Å². The molecule has 0 bridgehead atoms. The lowest BCUT2D eigenvalue weighted by molar-refractivity contribution is -0.676. The lowest BCUT2D eigenvalue weighted by atomic mass is 9.12. The third-order valence-electron chi connectivity index (χ3n) is 12.7. The van der Waals surface area contributed by atoms with Crippen molar-refractivity contribution >= 4 is 38.8 Å². The summed E-state index contributed by atoms with van der Waals surface area (Å²) in [5, 5.41) is 12.0. The molecule has 0 unspecified atom stereocenters. The molecule has 8 rings (SSSR count). The lowest BCUT2D eigenvalue weighted by Crippen LogP contribution is -2.75. The molecule has 1 heterocycles. The standard InChI is InChI=1S/C32H12BF24.C22H17NO/c34-25(35,36)13-1-14(26(37,38)39)6-21(5-13)33(22-7-15(27(40,41)42)2-16(8-22)28(43,44)45,23-9-17(29(46,47)48)3-18(10-23)30(49,50)51)24-11-19(31(52,53)54)4-20(12-24)32(55,56)57;24-20-12-10-19(11-13-20)22-21-9-5-4-8-18(21)14-15-23(22)16-17-6-2-1-3-7-17/h1-12H;1-15H,16H2/q-1;/p+1. The van der Waals surface area contributed by atoms with Crippen LogP contribution in [0.4, 0.5) is 105 Å². The number of halogens is 24. The SMILES string of the molecule is FC(F)(F)c1cc([B-](c2cc(C(F)(F)F)cc(C(F)(F)F)c2)(c2cc(C(F)(F)F)cc(C(F)(F)F)c2)c2cc(C(F)(F)F)cc(C(F)(F)F)c2)cc(C(F)(F)F)c1.Oc1ccc(-c2c3ccccc3cc[n+]2Cc2ccccc2)cc1.